The number of hydrogen-bond acceptors (Lipinski definition) is 3. The fraction of sp³-hybridized carbons (Fsp3) is 0. The second-order valence-corrected chi connectivity index (χ2v) is 5.83. The van der Waals surface area contributed by atoms with Gasteiger partial charge in [0, 0.05) is 16.5 Å². The van der Waals surface area contributed by atoms with E-state index >= 15 is 0 Å². The van der Waals surface area contributed by atoms with Crippen molar-refractivity contribution in [3.8, 4) is 11.3 Å². The standard InChI is InChI=1S/C21H14N2O3/c24-20(15-6-2-1-3-7-15)23-18-9-5-4-8-17(18)19(22-23)14-10-12-16(13-11-14)21(25)26/h1-13H,(H,25,26). The molecule has 0 amide bonds. The number of benzene rings is 3. The van der Waals surface area contributed by atoms with Crippen molar-refractivity contribution in [2.45, 2.75) is 0 Å². The number of rotatable bonds is 3. The van der Waals surface area contributed by atoms with E-state index < -0.39 is 5.97 Å². The molecule has 4 aromatic rings. The summed E-state index contributed by atoms with van der Waals surface area (Å²) in [6, 6.07) is 22.9. The van der Waals surface area contributed by atoms with Crippen LogP contribution >= 0.6 is 0 Å². The third-order valence-corrected chi connectivity index (χ3v) is 4.21. The van der Waals surface area contributed by atoms with Gasteiger partial charge in [-0.15, -0.1) is 0 Å². The highest BCUT2D eigenvalue weighted by Gasteiger charge is 2.18. The molecule has 3 aromatic carbocycles. The zero-order chi connectivity index (χ0) is 18.1. The molecule has 5 heteroatoms. The highest BCUT2D eigenvalue weighted by Crippen LogP contribution is 2.28. The molecule has 1 aromatic heterocycles. The number of nitrogens with zero attached hydrogens (tertiary/aromatic N) is 2. The first kappa shape index (κ1) is 15.8. The number of aromatic nitrogens is 2. The van der Waals surface area contributed by atoms with Crippen LogP contribution in [0, 0.1) is 0 Å². The van der Waals surface area contributed by atoms with Crippen LogP contribution in [0.15, 0.2) is 78.9 Å². The molecular formula is C21H14N2O3. The number of aromatic carboxylic acids is 1. The van der Waals surface area contributed by atoms with Gasteiger partial charge in [0.15, 0.2) is 0 Å². The third kappa shape index (κ3) is 2.65. The lowest BCUT2D eigenvalue weighted by molar-refractivity contribution is 0.0696. The van der Waals surface area contributed by atoms with Crippen molar-refractivity contribution in [3.63, 3.8) is 0 Å². The minimum absolute atomic E-state index is 0.206. The first-order chi connectivity index (χ1) is 12.6. The normalized spacial score (nSPS) is 10.8. The number of carboxylic acid groups (broad SMARTS) is 1. The first-order valence-corrected chi connectivity index (χ1v) is 8.06. The van der Waals surface area contributed by atoms with Crippen molar-refractivity contribution in [1.82, 2.24) is 9.78 Å². The molecule has 0 saturated carbocycles. The molecular weight excluding hydrogens is 328 g/mol. The largest absolute Gasteiger partial charge is 0.478 e. The number of carboxylic acids is 1. The van der Waals surface area contributed by atoms with Crippen LogP contribution in [0.5, 0.6) is 0 Å². The molecule has 5 nitrogen and oxygen atoms in total. The molecule has 1 N–H and O–H groups in total. The average Bonchev–Trinajstić information content (AvgIpc) is 3.08. The van der Waals surface area contributed by atoms with Crippen LogP contribution in [0.25, 0.3) is 22.2 Å². The van der Waals surface area contributed by atoms with E-state index in [-0.39, 0.29) is 11.5 Å². The summed E-state index contributed by atoms with van der Waals surface area (Å²) in [5.41, 5.74) is 2.86. The molecule has 0 saturated heterocycles. The Morgan fingerprint density at radius 3 is 2.12 bits per heavy atom. The molecule has 0 spiro atoms. The van der Waals surface area contributed by atoms with Crippen LogP contribution in [0.3, 0.4) is 0 Å². The summed E-state index contributed by atoms with van der Waals surface area (Å²) < 4.78 is 1.39. The summed E-state index contributed by atoms with van der Waals surface area (Å²) in [6.45, 7) is 0. The Morgan fingerprint density at radius 1 is 0.769 bits per heavy atom. The van der Waals surface area contributed by atoms with E-state index in [9.17, 15) is 9.59 Å². The van der Waals surface area contributed by atoms with Gasteiger partial charge >= 0.3 is 5.97 Å². The van der Waals surface area contributed by atoms with E-state index in [4.69, 9.17) is 5.11 Å². The number of para-hydroxylation sites is 1. The van der Waals surface area contributed by atoms with Crippen LogP contribution in [0.4, 0.5) is 0 Å². The second kappa shape index (κ2) is 6.29. The average molecular weight is 342 g/mol. The van der Waals surface area contributed by atoms with Gasteiger partial charge in [-0.05, 0) is 30.3 Å². The SMILES string of the molecule is O=C(O)c1ccc(-c2nn(C(=O)c3ccccc3)c3ccccc23)cc1. The minimum atomic E-state index is -0.980. The van der Waals surface area contributed by atoms with Gasteiger partial charge < -0.3 is 5.11 Å². The van der Waals surface area contributed by atoms with Crippen LogP contribution in [0.1, 0.15) is 20.7 Å². The number of carbonyl (C=O) groups is 2. The van der Waals surface area contributed by atoms with Crippen LogP contribution in [-0.2, 0) is 0 Å². The van der Waals surface area contributed by atoms with Crippen LogP contribution in [-0.4, -0.2) is 26.8 Å². The highest BCUT2D eigenvalue weighted by atomic mass is 16.4. The van der Waals surface area contributed by atoms with Crippen LogP contribution < -0.4 is 0 Å². The van der Waals surface area contributed by atoms with Crippen molar-refractivity contribution in [3.05, 3.63) is 90.0 Å². The van der Waals surface area contributed by atoms with Gasteiger partial charge in [0.1, 0.15) is 5.69 Å². The van der Waals surface area contributed by atoms with Crippen molar-refractivity contribution in [1.29, 1.82) is 0 Å². The predicted octanol–water partition coefficient (Wildman–Crippen LogP) is 4.09. The Kier molecular flexibility index (Phi) is 3.82. The Hall–Kier alpha value is -3.73. The molecule has 1 heterocycles. The number of fused-ring (bicyclic) bond motifs is 1. The number of hydrogen-bond donors (Lipinski definition) is 1. The Bertz CT molecular complexity index is 1110. The molecule has 0 bridgehead atoms. The molecule has 0 radical (unpaired) electrons. The smallest absolute Gasteiger partial charge is 0.335 e. The van der Waals surface area contributed by atoms with Gasteiger partial charge in [0.25, 0.3) is 5.91 Å². The molecule has 26 heavy (non-hydrogen) atoms. The lowest BCUT2D eigenvalue weighted by Gasteiger charge is -2.02. The summed E-state index contributed by atoms with van der Waals surface area (Å²) in [5.74, 6) is -1.19. The van der Waals surface area contributed by atoms with E-state index in [0.29, 0.717) is 16.8 Å². The molecule has 4 rings (SSSR count). The monoisotopic (exact) mass is 342 g/mol. The molecule has 0 aliphatic heterocycles. The molecule has 0 aliphatic rings. The zero-order valence-corrected chi connectivity index (χ0v) is 13.7. The van der Waals surface area contributed by atoms with Gasteiger partial charge in [-0.1, -0.05) is 48.5 Å². The zero-order valence-electron chi connectivity index (χ0n) is 13.7. The van der Waals surface area contributed by atoms with Crippen LogP contribution in [0.2, 0.25) is 0 Å². The van der Waals surface area contributed by atoms with Crippen molar-refractivity contribution in [2.75, 3.05) is 0 Å². The molecule has 0 fully saturated rings. The summed E-state index contributed by atoms with van der Waals surface area (Å²) in [7, 11) is 0. The molecule has 126 valence electrons. The van der Waals surface area contributed by atoms with E-state index in [1.54, 1.807) is 24.3 Å². The van der Waals surface area contributed by atoms with Crippen molar-refractivity contribution in [2.24, 2.45) is 0 Å². The van der Waals surface area contributed by atoms with Gasteiger partial charge in [-0.2, -0.15) is 9.78 Å². The highest BCUT2D eigenvalue weighted by molar-refractivity contribution is 6.04. The summed E-state index contributed by atoms with van der Waals surface area (Å²) >= 11 is 0. The van der Waals surface area contributed by atoms with Gasteiger partial charge in [0.2, 0.25) is 0 Å². The summed E-state index contributed by atoms with van der Waals surface area (Å²) in [4.78, 5) is 23.9. The minimum Gasteiger partial charge on any atom is -0.478 e. The maximum absolute atomic E-state index is 12.9. The lowest BCUT2D eigenvalue weighted by atomic mass is 10.1. The maximum Gasteiger partial charge on any atom is 0.335 e. The van der Waals surface area contributed by atoms with E-state index in [2.05, 4.69) is 5.10 Å². The van der Waals surface area contributed by atoms with E-state index in [1.807, 2.05) is 42.5 Å². The summed E-state index contributed by atoms with van der Waals surface area (Å²) in [5, 5.41) is 14.4. The Labute approximate surface area is 149 Å². The van der Waals surface area contributed by atoms with Crippen molar-refractivity contribution >= 4 is 22.8 Å². The first-order valence-electron chi connectivity index (χ1n) is 8.06. The van der Waals surface area contributed by atoms with Gasteiger partial charge in [0.05, 0.1) is 11.1 Å². The third-order valence-electron chi connectivity index (χ3n) is 4.21. The fourth-order valence-electron chi connectivity index (χ4n) is 2.91. The molecule has 0 atom stereocenters. The summed E-state index contributed by atoms with van der Waals surface area (Å²) in [6.07, 6.45) is 0. The lowest BCUT2D eigenvalue weighted by Crippen LogP contribution is -2.13. The second-order valence-electron chi connectivity index (χ2n) is 5.83. The van der Waals surface area contributed by atoms with Gasteiger partial charge in [-0.3, -0.25) is 4.79 Å². The molecule has 0 unspecified atom stereocenters. The Morgan fingerprint density at radius 2 is 1.42 bits per heavy atom. The van der Waals surface area contributed by atoms with E-state index in [1.165, 1.54) is 16.8 Å². The number of carbonyl (C=O) groups excluding carboxylic acids is 1. The quantitative estimate of drug-likeness (QED) is 0.609. The predicted molar refractivity (Wildman–Crippen MR) is 98.3 cm³/mol. The maximum atomic E-state index is 12.9. The van der Waals surface area contributed by atoms with Crippen molar-refractivity contribution < 1.29 is 14.7 Å². The van der Waals surface area contributed by atoms with Gasteiger partial charge in [-0.25, -0.2) is 4.79 Å². The Balaban J connectivity index is 1.87. The molecule has 0 aliphatic carbocycles. The van der Waals surface area contributed by atoms with E-state index in [0.717, 1.165) is 10.9 Å². The fourth-order valence-corrected chi connectivity index (χ4v) is 2.91. The topological polar surface area (TPSA) is 72.2 Å².